The largest absolute Gasteiger partial charge is 0.351 e. The van der Waals surface area contributed by atoms with Gasteiger partial charge in [0, 0.05) is 11.5 Å². The maximum atomic E-state index is 11.7. The first-order valence-corrected chi connectivity index (χ1v) is 4.96. The van der Waals surface area contributed by atoms with Crippen molar-refractivity contribution in [2.75, 3.05) is 0 Å². The molecule has 0 aromatic carbocycles. The third-order valence-electron chi connectivity index (χ3n) is 2.14. The monoisotopic (exact) mass is 181 g/mol. The van der Waals surface area contributed by atoms with E-state index in [9.17, 15) is 4.79 Å². The van der Waals surface area contributed by atoms with Crippen molar-refractivity contribution in [2.45, 2.75) is 45.6 Å². The number of rotatable bonds is 1. The molecule has 0 aliphatic heterocycles. The standard InChI is InChI=1S/C11H19NO/c1-11(2,3)12-10(13)9-7-5-4-6-8-9/h4-5,9H,6-8H2,1-3H3,(H,12,13). The molecule has 1 amide bonds. The van der Waals surface area contributed by atoms with Gasteiger partial charge in [0.25, 0.3) is 0 Å². The van der Waals surface area contributed by atoms with E-state index in [1.54, 1.807) is 0 Å². The molecule has 0 radical (unpaired) electrons. The Morgan fingerprint density at radius 3 is 2.54 bits per heavy atom. The predicted octanol–water partition coefficient (Wildman–Crippen LogP) is 2.26. The number of carbonyl (C=O) groups is 1. The highest BCUT2D eigenvalue weighted by molar-refractivity contribution is 5.79. The summed E-state index contributed by atoms with van der Waals surface area (Å²) in [5.41, 5.74) is -0.0990. The van der Waals surface area contributed by atoms with Crippen molar-refractivity contribution >= 4 is 5.91 Å². The Hall–Kier alpha value is -0.790. The summed E-state index contributed by atoms with van der Waals surface area (Å²) in [4.78, 5) is 11.7. The van der Waals surface area contributed by atoms with Crippen molar-refractivity contribution < 1.29 is 4.79 Å². The summed E-state index contributed by atoms with van der Waals surface area (Å²) < 4.78 is 0. The molecule has 0 spiro atoms. The zero-order valence-electron chi connectivity index (χ0n) is 8.76. The first-order valence-electron chi connectivity index (χ1n) is 4.96. The number of carbonyl (C=O) groups excluding carboxylic acids is 1. The van der Waals surface area contributed by atoms with Gasteiger partial charge in [-0.2, -0.15) is 0 Å². The number of hydrogen-bond acceptors (Lipinski definition) is 1. The topological polar surface area (TPSA) is 29.1 Å². The van der Waals surface area contributed by atoms with Crippen LogP contribution >= 0.6 is 0 Å². The second-order valence-corrected chi connectivity index (χ2v) is 4.72. The lowest BCUT2D eigenvalue weighted by molar-refractivity contribution is -0.126. The van der Waals surface area contributed by atoms with Gasteiger partial charge in [0.05, 0.1) is 0 Å². The van der Waals surface area contributed by atoms with E-state index in [0.717, 1.165) is 19.3 Å². The van der Waals surface area contributed by atoms with Crippen LogP contribution in [0.1, 0.15) is 40.0 Å². The lowest BCUT2D eigenvalue weighted by atomic mass is 9.92. The highest BCUT2D eigenvalue weighted by Crippen LogP contribution is 2.18. The van der Waals surface area contributed by atoms with Crippen LogP contribution in [-0.4, -0.2) is 11.4 Å². The van der Waals surface area contributed by atoms with E-state index >= 15 is 0 Å². The van der Waals surface area contributed by atoms with Crippen molar-refractivity contribution in [3.63, 3.8) is 0 Å². The highest BCUT2D eigenvalue weighted by Gasteiger charge is 2.22. The van der Waals surface area contributed by atoms with Crippen LogP contribution < -0.4 is 5.32 Å². The van der Waals surface area contributed by atoms with Gasteiger partial charge in [0.2, 0.25) is 5.91 Å². The zero-order chi connectivity index (χ0) is 9.90. The van der Waals surface area contributed by atoms with Crippen LogP contribution in [0, 0.1) is 5.92 Å². The second-order valence-electron chi connectivity index (χ2n) is 4.72. The number of hydrogen-bond donors (Lipinski definition) is 1. The van der Waals surface area contributed by atoms with Gasteiger partial charge in [-0.15, -0.1) is 0 Å². The molecule has 2 heteroatoms. The molecule has 2 nitrogen and oxygen atoms in total. The van der Waals surface area contributed by atoms with Gasteiger partial charge < -0.3 is 5.32 Å². The summed E-state index contributed by atoms with van der Waals surface area (Å²) in [7, 11) is 0. The summed E-state index contributed by atoms with van der Waals surface area (Å²) in [5, 5.41) is 3.02. The molecule has 0 saturated heterocycles. The van der Waals surface area contributed by atoms with Gasteiger partial charge in [0.15, 0.2) is 0 Å². The molecule has 1 rings (SSSR count). The van der Waals surface area contributed by atoms with Crippen LogP contribution in [0.3, 0.4) is 0 Å². The minimum atomic E-state index is -0.0990. The molecule has 1 aliphatic carbocycles. The van der Waals surface area contributed by atoms with Gasteiger partial charge in [-0.3, -0.25) is 4.79 Å². The summed E-state index contributed by atoms with van der Waals surface area (Å²) >= 11 is 0. The van der Waals surface area contributed by atoms with E-state index in [0.29, 0.717) is 0 Å². The molecule has 13 heavy (non-hydrogen) atoms. The van der Waals surface area contributed by atoms with Crippen LogP contribution in [0.5, 0.6) is 0 Å². The fourth-order valence-corrected chi connectivity index (χ4v) is 1.50. The quantitative estimate of drug-likeness (QED) is 0.618. The minimum absolute atomic E-state index is 0.0990. The Morgan fingerprint density at radius 1 is 1.38 bits per heavy atom. The molecule has 1 unspecified atom stereocenters. The molecular weight excluding hydrogens is 162 g/mol. The average molecular weight is 181 g/mol. The first-order chi connectivity index (χ1) is 5.99. The van der Waals surface area contributed by atoms with Crippen molar-refractivity contribution in [1.82, 2.24) is 5.32 Å². The molecule has 0 fully saturated rings. The van der Waals surface area contributed by atoms with Gasteiger partial charge in [0.1, 0.15) is 0 Å². The molecule has 1 aliphatic rings. The molecule has 0 saturated carbocycles. The second kappa shape index (κ2) is 3.95. The zero-order valence-corrected chi connectivity index (χ0v) is 8.76. The Kier molecular flexibility index (Phi) is 3.12. The van der Waals surface area contributed by atoms with Gasteiger partial charge in [-0.25, -0.2) is 0 Å². The van der Waals surface area contributed by atoms with E-state index in [2.05, 4.69) is 17.5 Å². The Balaban J connectivity index is 2.43. The molecular formula is C11H19NO. The smallest absolute Gasteiger partial charge is 0.223 e. The normalized spacial score (nSPS) is 22.8. The molecule has 1 N–H and O–H groups in total. The van der Waals surface area contributed by atoms with Gasteiger partial charge in [-0.1, -0.05) is 12.2 Å². The highest BCUT2D eigenvalue weighted by atomic mass is 16.2. The maximum absolute atomic E-state index is 11.7. The molecule has 1 atom stereocenters. The van der Waals surface area contributed by atoms with Crippen molar-refractivity contribution in [3.05, 3.63) is 12.2 Å². The van der Waals surface area contributed by atoms with Gasteiger partial charge in [-0.05, 0) is 40.0 Å². The van der Waals surface area contributed by atoms with E-state index in [-0.39, 0.29) is 17.4 Å². The van der Waals surface area contributed by atoms with E-state index < -0.39 is 0 Å². The SMILES string of the molecule is CC(C)(C)NC(=O)C1CC=CCC1. The Bertz CT molecular complexity index is 213. The molecule has 0 aromatic rings. The molecule has 0 bridgehead atoms. The Morgan fingerprint density at radius 2 is 2.08 bits per heavy atom. The van der Waals surface area contributed by atoms with Crippen molar-refractivity contribution in [2.24, 2.45) is 5.92 Å². The lowest BCUT2D eigenvalue weighted by Gasteiger charge is -2.25. The number of amides is 1. The van der Waals surface area contributed by atoms with E-state index in [1.165, 1.54) is 0 Å². The van der Waals surface area contributed by atoms with Crippen LogP contribution in [-0.2, 0) is 4.79 Å². The Labute approximate surface area is 80.4 Å². The maximum Gasteiger partial charge on any atom is 0.223 e. The molecule has 0 heterocycles. The van der Waals surface area contributed by atoms with Gasteiger partial charge >= 0.3 is 0 Å². The van der Waals surface area contributed by atoms with Crippen LogP contribution in [0.2, 0.25) is 0 Å². The summed E-state index contributed by atoms with van der Waals surface area (Å²) in [5.74, 6) is 0.404. The molecule has 0 aromatic heterocycles. The lowest BCUT2D eigenvalue weighted by Crippen LogP contribution is -2.44. The fraction of sp³-hybridized carbons (Fsp3) is 0.727. The number of nitrogens with one attached hydrogen (secondary N) is 1. The van der Waals surface area contributed by atoms with Crippen LogP contribution in [0.4, 0.5) is 0 Å². The average Bonchev–Trinajstić information content (AvgIpc) is 2.03. The fourth-order valence-electron chi connectivity index (χ4n) is 1.50. The van der Waals surface area contributed by atoms with Crippen LogP contribution in [0.25, 0.3) is 0 Å². The predicted molar refractivity (Wildman–Crippen MR) is 54.4 cm³/mol. The number of allylic oxidation sites excluding steroid dienone is 2. The van der Waals surface area contributed by atoms with Crippen molar-refractivity contribution in [3.8, 4) is 0 Å². The van der Waals surface area contributed by atoms with E-state index in [1.807, 2.05) is 20.8 Å². The summed E-state index contributed by atoms with van der Waals surface area (Å²) in [6, 6.07) is 0. The van der Waals surface area contributed by atoms with Crippen molar-refractivity contribution in [1.29, 1.82) is 0 Å². The first kappa shape index (κ1) is 10.3. The minimum Gasteiger partial charge on any atom is -0.351 e. The molecule has 74 valence electrons. The summed E-state index contributed by atoms with van der Waals surface area (Å²) in [6.45, 7) is 6.05. The third kappa shape index (κ3) is 3.62. The van der Waals surface area contributed by atoms with Crippen LogP contribution in [0.15, 0.2) is 12.2 Å². The summed E-state index contributed by atoms with van der Waals surface area (Å²) in [6.07, 6.45) is 7.21. The third-order valence-corrected chi connectivity index (χ3v) is 2.14. The van der Waals surface area contributed by atoms with E-state index in [4.69, 9.17) is 0 Å².